The summed E-state index contributed by atoms with van der Waals surface area (Å²) < 4.78 is 5.56. The number of amides is 2. The van der Waals surface area contributed by atoms with Crippen molar-refractivity contribution >= 4 is 17.8 Å². The van der Waals surface area contributed by atoms with Crippen LogP contribution in [-0.4, -0.2) is 46.5 Å². The van der Waals surface area contributed by atoms with Crippen LogP contribution in [0.4, 0.5) is 0 Å². The van der Waals surface area contributed by atoms with Gasteiger partial charge >= 0.3 is 5.97 Å². The number of carboxylic acids is 1. The van der Waals surface area contributed by atoms with Gasteiger partial charge in [-0.05, 0) is 43.4 Å². The van der Waals surface area contributed by atoms with E-state index in [2.05, 4.69) is 0 Å². The zero-order chi connectivity index (χ0) is 18.7. The van der Waals surface area contributed by atoms with Crippen LogP contribution in [0.5, 0.6) is 5.75 Å². The zero-order valence-corrected chi connectivity index (χ0v) is 14.6. The van der Waals surface area contributed by atoms with Gasteiger partial charge in [0.2, 0.25) is 11.8 Å². The molecule has 0 bridgehead atoms. The molecule has 3 rings (SSSR count). The maximum Gasteiger partial charge on any atom is 0.326 e. The number of hydrogen-bond donors (Lipinski definition) is 2. The van der Waals surface area contributed by atoms with Crippen molar-refractivity contribution in [2.75, 3.05) is 6.61 Å². The molecule has 7 heteroatoms. The molecule has 2 fully saturated rings. The average molecular weight is 360 g/mol. The van der Waals surface area contributed by atoms with Gasteiger partial charge in [0.25, 0.3) is 0 Å². The number of fused-ring (bicyclic) bond motifs is 1. The Kier molecular flexibility index (Phi) is 5.44. The summed E-state index contributed by atoms with van der Waals surface area (Å²) in [5, 5.41) is 9.50. The number of benzene rings is 1. The summed E-state index contributed by atoms with van der Waals surface area (Å²) in [6, 6.07) is 5.77. The normalized spacial score (nSPS) is 24.8. The number of ether oxygens (including phenoxy) is 1. The van der Waals surface area contributed by atoms with Crippen LogP contribution in [0.3, 0.4) is 0 Å². The van der Waals surface area contributed by atoms with Crippen LogP contribution in [0.25, 0.3) is 0 Å². The summed E-state index contributed by atoms with van der Waals surface area (Å²) in [4.78, 5) is 37.0. The van der Waals surface area contributed by atoms with E-state index in [9.17, 15) is 19.5 Å². The van der Waals surface area contributed by atoms with Crippen LogP contribution in [-0.2, 0) is 9.59 Å². The fourth-order valence-corrected chi connectivity index (χ4v) is 4.16. The monoisotopic (exact) mass is 360 g/mol. The number of aliphatic carboxylic acids is 1. The molecule has 0 radical (unpaired) electrons. The molecule has 3 atom stereocenters. The summed E-state index contributed by atoms with van der Waals surface area (Å²) in [7, 11) is 0. The molecule has 1 aromatic carbocycles. The van der Waals surface area contributed by atoms with Crippen LogP contribution in [0.1, 0.15) is 48.9 Å². The van der Waals surface area contributed by atoms with Crippen molar-refractivity contribution in [3.63, 3.8) is 0 Å². The number of nitrogens with zero attached hydrogens (tertiary/aromatic N) is 1. The molecular weight excluding hydrogens is 336 g/mol. The Labute approximate surface area is 152 Å². The third-order valence-electron chi connectivity index (χ3n) is 5.36. The van der Waals surface area contributed by atoms with E-state index >= 15 is 0 Å². The van der Waals surface area contributed by atoms with E-state index in [4.69, 9.17) is 10.5 Å². The first-order valence-corrected chi connectivity index (χ1v) is 9.04. The largest absolute Gasteiger partial charge is 0.493 e. The number of nitrogens with two attached hydrogens (primary N) is 1. The summed E-state index contributed by atoms with van der Waals surface area (Å²) >= 11 is 0. The number of carbonyl (C=O) groups excluding carboxylic acids is 2. The number of rotatable bonds is 6. The van der Waals surface area contributed by atoms with Crippen molar-refractivity contribution in [3.05, 3.63) is 29.8 Å². The average Bonchev–Trinajstić information content (AvgIpc) is 3.02. The van der Waals surface area contributed by atoms with E-state index in [-0.39, 0.29) is 25.0 Å². The zero-order valence-electron chi connectivity index (χ0n) is 14.6. The van der Waals surface area contributed by atoms with E-state index in [0.717, 1.165) is 25.7 Å². The molecule has 3 unspecified atom stereocenters. The summed E-state index contributed by atoms with van der Waals surface area (Å²) in [6.07, 6.45) is 4.67. The van der Waals surface area contributed by atoms with Gasteiger partial charge in [0, 0.05) is 11.6 Å². The van der Waals surface area contributed by atoms with Crippen LogP contribution in [0.15, 0.2) is 24.3 Å². The van der Waals surface area contributed by atoms with Gasteiger partial charge in [-0.2, -0.15) is 0 Å². The van der Waals surface area contributed by atoms with Gasteiger partial charge in [-0.3, -0.25) is 9.59 Å². The first-order valence-electron chi connectivity index (χ1n) is 9.04. The van der Waals surface area contributed by atoms with Crippen LogP contribution < -0.4 is 10.5 Å². The lowest BCUT2D eigenvalue weighted by Crippen LogP contribution is -2.46. The second-order valence-electron chi connectivity index (χ2n) is 6.99. The molecule has 0 spiro atoms. The van der Waals surface area contributed by atoms with Crippen molar-refractivity contribution in [1.29, 1.82) is 0 Å². The maximum absolute atomic E-state index is 12.7. The number of carbonyl (C=O) groups is 3. The highest BCUT2D eigenvalue weighted by molar-refractivity contribution is 5.93. The maximum atomic E-state index is 12.7. The van der Waals surface area contributed by atoms with Gasteiger partial charge in [0.1, 0.15) is 11.8 Å². The molecule has 1 aliphatic heterocycles. The van der Waals surface area contributed by atoms with Crippen LogP contribution >= 0.6 is 0 Å². The third-order valence-corrected chi connectivity index (χ3v) is 5.36. The molecule has 3 N–H and O–H groups in total. The number of likely N-dealkylation sites (tertiary alicyclic amines) is 1. The Bertz CT molecular complexity index is 705. The first kappa shape index (κ1) is 18.2. The predicted molar refractivity (Wildman–Crippen MR) is 93.7 cm³/mol. The quantitative estimate of drug-likeness (QED) is 0.804. The SMILES string of the molecule is NC(=O)c1cccc(OCCC(=O)N2C(C(=O)O)CC3CCCCC32)c1. The lowest BCUT2D eigenvalue weighted by Gasteiger charge is -2.33. The number of hydrogen-bond acceptors (Lipinski definition) is 4. The second-order valence-corrected chi connectivity index (χ2v) is 6.99. The minimum Gasteiger partial charge on any atom is -0.493 e. The Hall–Kier alpha value is -2.57. The van der Waals surface area contributed by atoms with Crippen molar-refractivity contribution in [3.8, 4) is 5.75 Å². The van der Waals surface area contributed by atoms with Crippen LogP contribution in [0.2, 0.25) is 0 Å². The van der Waals surface area contributed by atoms with E-state index in [1.54, 1.807) is 23.1 Å². The molecule has 0 aromatic heterocycles. The fourth-order valence-electron chi connectivity index (χ4n) is 4.16. The minimum atomic E-state index is -0.928. The summed E-state index contributed by atoms with van der Waals surface area (Å²) in [5.41, 5.74) is 5.57. The highest BCUT2D eigenvalue weighted by Crippen LogP contribution is 2.40. The highest BCUT2D eigenvalue weighted by Gasteiger charge is 2.47. The van der Waals surface area contributed by atoms with Gasteiger partial charge < -0.3 is 20.5 Å². The molecule has 1 heterocycles. The fraction of sp³-hybridized carbons (Fsp3) is 0.526. The van der Waals surface area contributed by atoms with Crippen molar-refractivity contribution in [2.45, 2.75) is 50.6 Å². The Morgan fingerprint density at radius 3 is 2.73 bits per heavy atom. The molecule has 1 aromatic rings. The van der Waals surface area contributed by atoms with Gasteiger partial charge in [-0.15, -0.1) is 0 Å². The molecule has 1 saturated carbocycles. The van der Waals surface area contributed by atoms with Crippen molar-refractivity contribution < 1.29 is 24.2 Å². The molecule has 7 nitrogen and oxygen atoms in total. The van der Waals surface area contributed by atoms with Gasteiger partial charge in [0.05, 0.1) is 13.0 Å². The van der Waals surface area contributed by atoms with E-state index < -0.39 is 17.9 Å². The molecule has 1 saturated heterocycles. The van der Waals surface area contributed by atoms with Crippen LogP contribution in [0, 0.1) is 5.92 Å². The smallest absolute Gasteiger partial charge is 0.326 e. The molecule has 2 aliphatic rings. The van der Waals surface area contributed by atoms with E-state index in [0.29, 0.717) is 23.7 Å². The topological polar surface area (TPSA) is 110 Å². The molecule has 1 aliphatic carbocycles. The highest BCUT2D eigenvalue weighted by atomic mass is 16.5. The van der Waals surface area contributed by atoms with Crippen molar-refractivity contribution in [2.24, 2.45) is 11.7 Å². The first-order chi connectivity index (χ1) is 12.5. The lowest BCUT2D eigenvalue weighted by atomic mass is 9.84. The second kappa shape index (κ2) is 7.76. The summed E-state index contributed by atoms with van der Waals surface area (Å²) in [5.74, 6) is -0.903. The molecule has 140 valence electrons. The lowest BCUT2D eigenvalue weighted by molar-refractivity contribution is -0.150. The van der Waals surface area contributed by atoms with Crippen molar-refractivity contribution in [1.82, 2.24) is 4.90 Å². The minimum absolute atomic E-state index is 0.0375. The molecule has 2 amide bonds. The van der Waals surface area contributed by atoms with E-state index in [1.807, 2.05) is 0 Å². The Balaban J connectivity index is 1.60. The molecular formula is C19H24N2O5. The van der Waals surface area contributed by atoms with Gasteiger partial charge in [0.15, 0.2) is 0 Å². The van der Waals surface area contributed by atoms with Gasteiger partial charge in [-0.25, -0.2) is 4.79 Å². The molecule has 26 heavy (non-hydrogen) atoms. The van der Waals surface area contributed by atoms with E-state index in [1.165, 1.54) is 6.07 Å². The predicted octanol–water partition coefficient (Wildman–Crippen LogP) is 1.80. The Morgan fingerprint density at radius 2 is 2.00 bits per heavy atom. The number of carboxylic acid groups (broad SMARTS) is 1. The number of primary amides is 1. The standard InChI is InChI=1S/C19H24N2O5/c20-18(23)13-5-3-6-14(10-13)26-9-8-17(22)21-15-7-2-1-4-12(15)11-16(21)19(24)25/h3,5-6,10,12,15-16H,1-2,4,7-9,11H2,(H2,20,23)(H,24,25). The van der Waals surface area contributed by atoms with Gasteiger partial charge in [-0.1, -0.05) is 18.9 Å². The Morgan fingerprint density at radius 1 is 1.23 bits per heavy atom. The third kappa shape index (κ3) is 3.81. The summed E-state index contributed by atoms with van der Waals surface area (Å²) in [6.45, 7) is 0.126.